The van der Waals surface area contributed by atoms with Gasteiger partial charge in [0.05, 0.1) is 0 Å². The molecule has 162 valence electrons. The summed E-state index contributed by atoms with van der Waals surface area (Å²) in [5.74, 6) is 0.0561. The molecule has 2 amide bonds. The van der Waals surface area contributed by atoms with E-state index in [-0.39, 0.29) is 31.0 Å². The molecule has 0 unspecified atom stereocenters. The maximum Gasteiger partial charge on any atom is 0.261 e. The Kier molecular flexibility index (Phi) is 8.56. The minimum atomic E-state index is -0.659. The van der Waals surface area contributed by atoms with Gasteiger partial charge in [0.2, 0.25) is 5.91 Å². The quantitative estimate of drug-likeness (QED) is 0.619. The standard InChI is InChI=1S/C23H28Cl2N2O3/c1-14(2)26-23(29)17(5)27(12-18-6-8-19(24)9-7-18)21(28)13-30-20-10-15(3)22(25)16(4)11-20/h6-11,14,17H,12-13H2,1-5H3,(H,26,29)/t17-/m1/s1. The Morgan fingerprint density at radius 3 is 2.13 bits per heavy atom. The minimum Gasteiger partial charge on any atom is -0.484 e. The second-order valence-electron chi connectivity index (χ2n) is 7.65. The van der Waals surface area contributed by atoms with Crippen LogP contribution in [0.2, 0.25) is 10.0 Å². The highest BCUT2D eigenvalue weighted by Gasteiger charge is 2.27. The second-order valence-corrected chi connectivity index (χ2v) is 8.46. The molecule has 0 aromatic heterocycles. The zero-order chi connectivity index (χ0) is 22.4. The Labute approximate surface area is 188 Å². The average molecular weight is 451 g/mol. The Morgan fingerprint density at radius 2 is 1.60 bits per heavy atom. The number of ether oxygens (including phenoxy) is 1. The minimum absolute atomic E-state index is 0.0244. The first-order chi connectivity index (χ1) is 14.1. The van der Waals surface area contributed by atoms with Crippen LogP contribution in [0.4, 0.5) is 0 Å². The van der Waals surface area contributed by atoms with Crippen molar-refractivity contribution in [3.05, 3.63) is 63.1 Å². The lowest BCUT2D eigenvalue weighted by molar-refractivity contribution is -0.142. The number of hydrogen-bond donors (Lipinski definition) is 1. The molecule has 0 radical (unpaired) electrons. The molecule has 30 heavy (non-hydrogen) atoms. The van der Waals surface area contributed by atoms with Crippen LogP contribution in [0.1, 0.15) is 37.5 Å². The smallest absolute Gasteiger partial charge is 0.261 e. The van der Waals surface area contributed by atoms with Crippen LogP contribution in [-0.2, 0) is 16.1 Å². The topological polar surface area (TPSA) is 58.6 Å². The van der Waals surface area contributed by atoms with Gasteiger partial charge >= 0.3 is 0 Å². The van der Waals surface area contributed by atoms with Gasteiger partial charge in [0.15, 0.2) is 6.61 Å². The van der Waals surface area contributed by atoms with Crippen LogP contribution >= 0.6 is 23.2 Å². The molecule has 2 aromatic rings. The van der Waals surface area contributed by atoms with Gasteiger partial charge in [0, 0.05) is 22.6 Å². The molecule has 0 heterocycles. The number of nitrogens with one attached hydrogen (secondary N) is 1. The number of nitrogens with zero attached hydrogens (tertiary/aromatic N) is 1. The average Bonchev–Trinajstić information content (AvgIpc) is 2.68. The highest BCUT2D eigenvalue weighted by atomic mass is 35.5. The maximum absolute atomic E-state index is 13.0. The van der Waals surface area contributed by atoms with Crippen LogP contribution in [0.3, 0.4) is 0 Å². The molecule has 5 nitrogen and oxygen atoms in total. The third kappa shape index (κ3) is 6.64. The van der Waals surface area contributed by atoms with Gasteiger partial charge in [-0.1, -0.05) is 35.3 Å². The Morgan fingerprint density at radius 1 is 1.03 bits per heavy atom. The van der Waals surface area contributed by atoms with Crippen molar-refractivity contribution in [1.82, 2.24) is 10.2 Å². The van der Waals surface area contributed by atoms with Crippen molar-refractivity contribution >= 4 is 35.0 Å². The molecule has 0 fully saturated rings. The largest absolute Gasteiger partial charge is 0.484 e. The number of rotatable bonds is 8. The highest BCUT2D eigenvalue weighted by molar-refractivity contribution is 6.32. The molecule has 0 spiro atoms. The van der Waals surface area contributed by atoms with Crippen molar-refractivity contribution in [1.29, 1.82) is 0 Å². The molecule has 1 N–H and O–H groups in total. The van der Waals surface area contributed by atoms with E-state index >= 15 is 0 Å². The van der Waals surface area contributed by atoms with Gasteiger partial charge in [-0.05, 0) is 75.6 Å². The van der Waals surface area contributed by atoms with Gasteiger partial charge in [0.1, 0.15) is 11.8 Å². The van der Waals surface area contributed by atoms with Crippen molar-refractivity contribution in [2.45, 2.75) is 53.2 Å². The van der Waals surface area contributed by atoms with Crippen LogP contribution < -0.4 is 10.1 Å². The zero-order valence-electron chi connectivity index (χ0n) is 18.0. The number of amides is 2. The summed E-state index contributed by atoms with van der Waals surface area (Å²) in [6, 6.07) is 10.1. The Bertz CT molecular complexity index is 875. The third-order valence-corrected chi connectivity index (χ3v) is 5.48. The molecule has 2 rings (SSSR count). The van der Waals surface area contributed by atoms with E-state index in [0.717, 1.165) is 16.7 Å². The molecule has 0 aliphatic heterocycles. The van der Waals surface area contributed by atoms with E-state index < -0.39 is 6.04 Å². The molecule has 0 saturated carbocycles. The fourth-order valence-electron chi connectivity index (χ4n) is 2.99. The molecule has 7 heteroatoms. The van der Waals surface area contributed by atoms with E-state index in [9.17, 15) is 9.59 Å². The molecule has 1 atom stereocenters. The first-order valence-corrected chi connectivity index (χ1v) is 10.6. The lowest BCUT2D eigenvalue weighted by Gasteiger charge is -2.29. The van der Waals surface area contributed by atoms with Gasteiger partial charge in [-0.2, -0.15) is 0 Å². The molecule has 0 bridgehead atoms. The van der Waals surface area contributed by atoms with Gasteiger partial charge < -0.3 is 15.0 Å². The normalized spacial score (nSPS) is 11.9. The number of carbonyl (C=O) groups excluding carboxylic acids is 2. The number of hydrogen-bond acceptors (Lipinski definition) is 3. The van der Waals surface area contributed by atoms with E-state index in [4.69, 9.17) is 27.9 Å². The van der Waals surface area contributed by atoms with Crippen molar-refractivity contribution in [2.24, 2.45) is 0 Å². The SMILES string of the molecule is Cc1cc(OCC(=O)N(Cc2ccc(Cl)cc2)[C@H](C)C(=O)NC(C)C)cc(C)c1Cl. The lowest BCUT2D eigenvalue weighted by Crippen LogP contribution is -2.50. The number of benzene rings is 2. The monoisotopic (exact) mass is 450 g/mol. The summed E-state index contributed by atoms with van der Waals surface area (Å²) >= 11 is 12.2. The van der Waals surface area contributed by atoms with Crippen molar-refractivity contribution in [2.75, 3.05) is 6.61 Å². The lowest BCUT2D eigenvalue weighted by atomic mass is 10.1. The summed E-state index contributed by atoms with van der Waals surface area (Å²) in [7, 11) is 0. The fourth-order valence-corrected chi connectivity index (χ4v) is 3.23. The predicted octanol–water partition coefficient (Wildman–Crippen LogP) is 4.93. The third-order valence-electron chi connectivity index (χ3n) is 4.64. The molecule has 2 aromatic carbocycles. The van der Waals surface area contributed by atoms with Crippen LogP contribution in [0.5, 0.6) is 5.75 Å². The Balaban J connectivity index is 2.18. The van der Waals surface area contributed by atoms with E-state index in [1.807, 2.05) is 39.8 Å². The summed E-state index contributed by atoms with van der Waals surface area (Å²) in [6.45, 7) is 9.32. The molecule has 0 saturated heterocycles. The van der Waals surface area contributed by atoms with Crippen molar-refractivity contribution in [3.8, 4) is 5.75 Å². The molecular formula is C23H28Cl2N2O3. The van der Waals surface area contributed by atoms with E-state index in [2.05, 4.69) is 5.32 Å². The first-order valence-electron chi connectivity index (χ1n) is 9.82. The fraction of sp³-hybridized carbons (Fsp3) is 0.391. The van der Waals surface area contributed by atoms with Crippen LogP contribution in [0.15, 0.2) is 36.4 Å². The van der Waals surface area contributed by atoms with Crippen LogP contribution in [0, 0.1) is 13.8 Å². The van der Waals surface area contributed by atoms with Gasteiger partial charge in [-0.15, -0.1) is 0 Å². The van der Waals surface area contributed by atoms with Crippen LogP contribution in [-0.4, -0.2) is 35.4 Å². The number of halogens is 2. The zero-order valence-corrected chi connectivity index (χ0v) is 19.5. The molecule has 0 aliphatic rings. The van der Waals surface area contributed by atoms with E-state index in [0.29, 0.717) is 15.8 Å². The van der Waals surface area contributed by atoms with Crippen molar-refractivity contribution in [3.63, 3.8) is 0 Å². The van der Waals surface area contributed by atoms with Crippen LogP contribution in [0.25, 0.3) is 0 Å². The van der Waals surface area contributed by atoms with Gasteiger partial charge in [-0.3, -0.25) is 9.59 Å². The highest BCUT2D eigenvalue weighted by Crippen LogP contribution is 2.26. The Hall–Kier alpha value is -2.24. The summed E-state index contributed by atoms with van der Waals surface area (Å²) in [5.41, 5.74) is 2.62. The molecule has 0 aliphatic carbocycles. The second kappa shape index (κ2) is 10.7. The number of aryl methyl sites for hydroxylation is 2. The summed E-state index contributed by atoms with van der Waals surface area (Å²) in [6.07, 6.45) is 0. The summed E-state index contributed by atoms with van der Waals surface area (Å²) in [5, 5.41) is 4.15. The van der Waals surface area contributed by atoms with E-state index in [1.165, 1.54) is 4.90 Å². The predicted molar refractivity (Wildman–Crippen MR) is 121 cm³/mol. The van der Waals surface area contributed by atoms with E-state index in [1.54, 1.807) is 31.2 Å². The summed E-state index contributed by atoms with van der Waals surface area (Å²) < 4.78 is 5.73. The van der Waals surface area contributed by atoms with Gasteiger partial charge in [0.25, 0.3) is 5.91 Å². The molecular weight excluding hydrogens is 423 g/mol. The van der Waals surface area contributed by atoms with Gasteiger partial charge in [-0.25, -0.2) is 0 Å². The maximum atomic E-state index is 13.0. The first kappa shape index (κ1) is 24.0. The van der Waals surface area contributed by atoms with Crippen molar-refractivity contribution < 1.29 is 14.3 Å². The summed E-state index contributed by atoms with van der Waals surface area (Å²) in [4.78, 5) is 27.1. The number of carbonyl (C=O) groups is 2.